The molecule has 0 spiro atoms. The standard InChI is InChI=1S/C11H12F3NO2S/c12-11(13,14)9-5-1-2-6-10(9)18(16,17)15-7-3-4-8-15/h1-2,5-6H,3-4,7-8H2. The monoisotopic (exact) mass is 279 g/mol. The van der Waals surface area contributed by atoms with Gasteiger partial charge in [-0.05, 0) is 25.0 Å². The Morgan fingerprint density at radius 2 is 1.61 bits per heavy atom. The molecular formula is C11H12F3NO2S. The van der Waals surface area contributed by atoms with Crippen molar-refractivity contribution >= 4 is 10.0 Å². The summed E-state index contributed by atoms with van der Waals surface area (Å²) < 4.78 is 63.7. The molecule has 1 aromatic carbocycles. The molecule has 7 heteroatoms. The van der Waals surface area contributed by atoms with Gasteiger partial charge in [-0.2, -0.15) is 17.5 Å². The van der Waals surface area contributed by atoms with Gasteiger partial charge < -0.3 is 0 Å². The van der Waals surface area contributed by atoms with Crippen LogP contribution in [0.4, 0.5) is 13.2 Å². The predicted molar refractivity (Wildman–Crippen MR) is 59.4 cm³/mol. The van der Waals surface area contributed by atoms with Crippen LogP contribution < -0.4 is 0 Å². The molecule has 1 saturated heterocycles. The van der Waals surface area contributed by atoms with Crippen LogP contribution in [0.3, 0.4) is 0 Å². The Morgan fingerprint density at radius 1 is 1.06 bits per heavy atom. The topological polar surface area (TPSA) is 37.4 Å². The lowest BCUT2D eigenvalue weighted by Gasteiger charge is -2.19. The highest BCUT2D eigenvalue weighted by molar-refractivity contribution is 7.89. The molecule has 0 saturated carbocycles. The van der Waals surface area contributed by atoms with Crippen LogP contribution in [0.25, 0.3) is 0 Å². The van der Waals surface area contributed by atoms with Crippen LogP contribution in [0.5, 0.6) is 0 Å². The maximum absolute atomic E-state index is 12.8. The van der Waals surface area contributed by atoms with Gasteiger partial charge in [-0.15, -0.1) is 0 Å². The van der Waals surface area contributed by atoms with Crippen molar-refractivity contribution in [3.05, 3.63) is 29.8 Å². The van der Waals surface area contributed by atoms with Crippen molar-refractivity contribution in [3.63, 3.8) is 0 Å². The molecule has 0 unspecified atom stereocenters. The summed E-state index contributed by atoms with van der Waals surface area (Å²) in [6.07, 6.45) is -3.29. The summed E-state index contributed by atoms with van der Waals surface area (Å²) in [5.41, 5.74) is -1.10. The van der Waals surface area contributed by atoms with E-state index in [0.29, 0.717) is 12.8 Å². The number of hydrogen-bond donors (Lipinski definition) is 0. The molecule has 2 rings (SSSR count). The first kappa shape index (κ1) is 13.4. The van der Waals surface area contributed by atoms with Crippen molar-refractivity contribution in [2.75, 3.05) is 13.1 Å². The van der Waals surface area contributed by atoms with Crippen molar-refractivity contribution in [1.82, 2.24) is 4.31 Å². The summed E-state index contributed by atoms with van der Waals surface area (Å²) in [6.45, 7) is 0.572. The Bertz CT molecular complexity index is 533. The minimum atomic E-state index is -4.66. The fourth-order valence-corrected chi connectivity index (χ4v) is 3.72. The van der Waals surface area contributed by atoms with Gasteiger partial charge in [0, 0.05) is 13.1 Å². The Hall–Kier alpha value is -1.08. The normalized spacial score (nSPS) is 18.2. The molecule has 100 valence electrons. The largest absolute Gasteiger partial charge is 0.417 e. The third kappa shape index (κ3) is 2.37. The van der Waals surface area contributed by atoms with Crippen molar-refractivity contribution in [2.45, 2.75) is 23.9 Å². The molecule has 0 amide bonds. The highest BCUT2D eigenvalue weighted by Gasteiger charge is 2.39. The van der Waals surface area contributed by atoms with Gasteiger partial charge in [-0.3, -0.25) is 0 Å². The second-order valence-electron chi connectivity index (χ2n) is 4.11. The van der Waals surface area contributed by atoms with E-state index in [1.54, 1.807) is 0 Å². The van der Waals surface area contributed by atoms with E-state index in [0.717, 1.165) is 16.4 Å². The lowest BCUT2D eigenvalue weighted by atomic mass is 10.2. The van der Waals surface area contributed by atoms with Gasteiger partial charge in [0.1, 0.15) is 0 Å². The van der Waals surface area contributed by atoms with Crippen molar-refractivity contribution in [1.29, 1.82) is 0 Å². The first-order valence-electron chi connectivity index (χ1n) is 5.50. The average molecular weight is 279 g/mol. The molecule has 1 heterocycles. The van der Waals surface area contributed by atoms with Crippen LogP contribution in [-0.4, -0.2) is 25.8 Å². The van der Waals surface area contributed by atoms with Crippen molar-refractivity contribution in [3.8, 4) is 0 Å². The number of nitrogens with zero attached hydrogens (tertiary/aromatic N) is 1. The Morgan fingerprint density at radius 3 is 2.17 bits per heavy atom. The number of hydrogen-bond acceptors (Lipinski definition) is 2. The zero-order valence-corrected chi connectivity index (χ0v) is 10.3. The Kier molecular flexibility index (Phi) is 3.37. The lowest BCUT2D eigenvalue weighted by molar-refractivity contribution is -0.139. The third-order valence-corrected chi connectivity index (χ3v) is 4.83. The van der Waals surface area contributed by atoms with Gasteiger partial charge in [0.15, 0.2) is 0 Å². The highest BCUT2D eigenvalue weighted by atomic mass is 32.2. The predicted octanol–water partition coefficient (Wildman–Crippen LogP) is 2.49. The number of halogens is 3. The summed E-state index contributed by atoms with van der Waals surface area (Å²) in [6, 6.07) is 4.30. The molecule has 3 nitrogen and oxygen atoms in total. The number of alkyl halides is 3. The summed E-state index contributed by atoms with van der Waals surface area (Å²) in [5, 5.41) is 0. The van der Waals surface area contributed by atoms with Crippen LogP contribution in [0.15, 0.2) is 29.2 Å². The molecule has 0 aliphatic carbocycles. The van der Waals surface area contributed by atoms with Crippen LogP contribution in [0.1, 0.15) is 18.4 Å². The molecule has 18 heavy (non-hydrogen) atoms. The molecular weight excluding hydrogens is 267 g/mol. The summed E-state index contributed by atoms with van der Waals surface area (Å²) in [7, 11) is -4.04. The summed E-state index contributed by atoms with van der Waals surface area (Å²) >= 11 is 0. The van der Waals surface area contributed by atoms with E-state index >= 15 is 0 Å². The Labute approximate surface area is 103 Å². The maximum atomic E-state index is 12.8. The van der Waals surface area contributed by atoms with E-state index in [2.05, 4.69) is 0 Å². The highest BCUT2D eigenvalue weighted by Crippen LogP contribution is 2.35. The Balaban J connectivity index is 2.51. The van der Waals surface area contributed by atoms with Gasteiger partial charge in [-0.25, -0.2) is 8.42 Å². The zero-order valence-electron chi connectivity index (χ0n) is 9.44. The minimum absolute atomic E-state index is 0.286. The van der Waals surface area contributed by atoms with Gasteiger partial charge in [-0.1, -0.05) is 12.1 Å². The number of sulfonamides is 1. The minimum Gasteiger partial charge on any atom is -0.207 e. The first-order chi connectivity index (χ1) is 8.33. The van der Waals surface area contributed by atoms with E-state index in [1.165, 1.54) is 12.1 Å². The van der Waals surface area contributed by atoms with Crippen LogP contribution >= 0.6 is 0 Å². The maximum Gasteiger partial charge on any atom is 0.417 e. The smallest absolute Gasteiger partial charge is 0.207 e. The van der Waals surface area contributed by atoms with Gasteiger partial charge in [0.05, 0.1) is 10.5 Å². The van der Waals surface area contributed by atoms with Gasteiger partial charge in [0.25, 0.3) is 0 Å². The fraction of sp³-hybridized carbons (Fsp3) is 0.455. The molecule has 1 aromatic rings. The van der Waals surface area contributed by atoms with Gasteiger partial charge >= 0.3 is 6.18 Å². The number of benzene rings is 1. The van der Waals surface area contributed by atoms with E-state index in [1.807, 2.05) is 0 Å². The van der Waals surface area contributed by atoms with Crippen molar-refractivity contribution < 1.29 is 21.6 Å². The number of rotatable bonds is 2. The second kappa shape index (κ2) is 4.55. The molecule has 0 aromatic heterocycles. The second-order valence-corrected chi connectivity index (χ2v) is 6.01. The van der Waals surface area contributed by atoms with Crippen LogP contribution in [0, 0.1) is 0 Å². The SMILES string of the molecule is O=S(=O)(c1ccccc1C(F)(F)F)N1CCCC1. The van der Waals surface area contributed by atoms with E-state index in [9.17, 15) is 21.6 Å². The van der Waals surface area contributed by atoms with E-state index < -0.39 is 26.7 Å². The fourth-order valence-electron chi connectivity index (χ4n) is 1.99. The van der Waals surface area contributed by atoms with Gasteiger partial charge in [0.2, 0.25) is 10.0 Å². The third-order valence-electron chi connectivity index (χ3n) is 2.88. The molecule has 0 atom stereocenters. The molecule has 0 bridgehead atoms. The van der Waals surface area contributed by atoms with E-state index in [-0.39, 0.29) is 13.1 Å². The molecule has 1 aliphatic rings. The summed E-state index contributed by atoms with van der Waals surface area (Å²) in [4.78, 5) is -0.653. The first-order valence-corrected chi connectivity index (χ1v) is 6.94. The zero-order chi connectivity index (χ0) is 13.4. The van der Waals surface area contributed by atoms with Crippen LogP contribution in [0.2, 0.25) is 0 Å². The average Bonchev–Trinajstić information content (AvgIpc) is 2.82. The van der Waals surface area contributed by atoms with E-state index in [4.69, 9.17) is 0 Å². The summed E-state index contributed by atoms with van der Waals surface area (Å²) in [5.74, 6) is 0. The van der Waals surface area contributed by atoms with Crippen LogP contribution in [-0.2, 0) is 16.2 Å². The molecule has 1 fully saturated rings. The molecule has 0 N–H and O–H groups in total. The lowest BCUT2D eigenvalue weighted by Crippen LogP contribution is -2.29. The quantitative estimate of drug-likeness (QED) is 0.834. The molecule has 1 aliphatic heterocycles. The molecule has 0 radical (unpaired) electrons. The van der Waals surface area contributed by atoms with Crippen molar-refractivity contribution in [2.24, 2.45) is 0 Å².